The number of anilines is 2. The zero-order chi connectivity index (χ0) is 15.8. The van der Waals surface area contributed by atoms with Gasteiger partial charge in [-0.05, 0) is 48.7 Å². The van der Waals surface area contributed by atoms with Crippen molar-refractivity contribution in [3.8, 4) is 5.75 Å². The van der Waals surface area contributed by atoms with Gasteiger partial charge in [-0.3, -0.25) is 0 Å². The van der Waals surface area contributed by atoms with Gasteiger partial charge in [-0.25, -0.2) is 4.79 Å². The second-order valence-corrected chi connectivity index (χ2v) is 5.70. The van der Waals surface area contributed by atoms with Crippen molar-refractivity contribution < 1.29 is 9.15 Å². The first-order chi connectivity index (χ1) is 11.3. The molecule has 0 bridgehead atoms. The summed E-state index contributed by atoms with van der Waals surface area (Å²) in [5.41, 5.74) is 3.58. The monoisotopic (exact) mass is 307 g/mol. The summed E-state index contributed by atoms with van der Waals surface area (Å²) >= 11 is 0. The standard InChI is InChI=1S/C19H17NO3/c1-22-14-8-9-16-13(11-14)5-4-10-20(16)17-12-19(21)23-18-7-3-2-6-15(17)18/h2-3,6-9,11-12H,4-5,10H2,1H3. The van der Waals surface area contributed by atoms with E-state index in [-0.39, 0.29) is 5.63 Å². The first-order valence-electron chi connectivity index (χ1n) is 7.73. The lowest BCUT2D eigenvalue weighted by Crippen LogP contribution is -2.25. The SMILES string of the molecule is COc1ccc2c(c1)CCCN2c1cc(=O)oc2ccccc12. The zero-order valence-corrected chi connectivity index (χ0v) is 12.9. The quantitative estimate of drug-likeness (QED) is 0.674. The van der Waals surface area contributed by atoms with E-state index in [1.54, 1.807) is 13.2 Å². The maximum atomic E-state index is 11.9. The number of fused-ring (bicyclic) bond motifs is 2. The largest absolute Gasteiger partial charge is 0.497 e. The summed E-state index contributed by atoms with van der Waals surface area (Å²) in [6, 6.07) is 15.4. The van der Waals surface area contributed by atoms with Crippen LogP contribution in [0.15, 0.2) is 57.7 Å². The van der Waals surface area contributed by atoms with Crippen molar-refractivity contribution >= 4 is 22.3 Å². The third-order valence-corrected chi connectivity index (χ3v) is 4.32. The molecule has 0 aliphatic carbocycles. The molecule has 3 aromatic rings. The van der Waals surface area contributed by atoms with E-state index in [9.17, 15) is 4.79 Å². The van der Waals surface area contributed by atoms with Crippen molar-refractivity contribution in [3.05, 3.63) is 64.5 Å². The summed E-state index contributed by atoms with van der Waals surface area (Å²) < 4.78 is 10.6. The third-order valence-electron chi connectivity index (χ3n) is 4.32. The Balaban J connectivity index is 1.92. The van der Waals surface area contributed by atoms with E-state index >= 15 is 0 Å². The maximum Gasteiger partial charge on any atom is 0.338 e. The second kappa shape index (κ2) is 5.47. The molecule has 4 heteroatoms. The van der Waals surface area contributed by atoms with Crippen LogP contribution in [0.3, 0.4) is 0 Å². The molecule has 0 fully saturated rings. The molecule has 0 N–H and O–H groups in total. The molecule has 4 rings (SSSR count). The number of hydrogen-bond acceptors (Lipinski definition) is 4. The van der Waals surface area contributed by atoms with Crippen molar-refractivity contribution in [1.82, 2.24) is 0 Å². The number of hydrogen-bond donors (Lipinski definition) is 0. The number of aryl methyl sites for hydroxylation is 1. The summed E-state index contributed by atoms with van der Waals surface area (Å²) in [6.07, 6.45) is 2.05. The molecule has 0 amide bonds. The maximum absolute atomic E-state index is 11.9. The van der Waals surface area contributed by atoms with Gasteiger partial charge < -0.3 is 14.1 Å². The highest BCUT2D eigenvalue weighted by Gasteiger charge is 2.21. The predicted octanol–water partition coefficient (Wildman–Crippen LogP) is 3.89. The lowest BCUT2D eigenvalue weighted by Gasteiger charge is -2.32. The molecule has 0 spiro atoms. The highest BCUT2D eigenvalue weighted by Crippen LogP contribution is 2.37. The van der Waals surface area contributed by atoms with Gasteiger partial charge in [0.05, 0.1) is 12.8 Å². The molecule has 116 valence electrons. The highest BCUT2D eigenvalue weighted by molar-refractivity contribution is 5.93. The molecule has 2 heterocycles. The predicted molar refractivity (Wildman–Crippen MR) is 90.8 cm³/mol. The first-order valence-corrected chi connectivity index (χ1v) is 7.73. The van der Waals surface area contributed by atoms with Gasteiger partial charge in [-0.1, -0.05) is 12.1 Å². The van der Waals surface area contributed by atoms with Crippen LogP contribution in [0.4, 0.5) is 11.4 Å². The number of ether oxygens (including phenoxy) is 1. The number of benzene rings is 2. The minimum atomic E-state index is -0.320. The molecule has 23 heavy (non-hydrogen) atoms. The Hall–Kier alpha value is -2.75. The van der Waals surface area contributed by atoms with Gasteiger partial charge in [0, 0.05) is 23.7 Å². The van der Waals surface area contributed by atoms with Crippen LogP contribution in [0.2, 0.25) is 0 Å². The molecule has 1 aliphatic heterocycles. The molecule has 1 aromatic heterocycles. The molecule has 0 atom stereocenters. The summed E-state index contributed by atoms with van der Waals surface area (Å²) in [5.74, 6) is 0.864. The van der Waals surface area contributed by atoms with Gasteiger partial charge in [0.25, 0.3) is 0 Å². The lowest BCUT2D eigenvalue weighted by atomic mass is 10.00. The van der Waals surface area contributed by atoms with Crippen molar-refractivity contribution in [2.75, 3.05) is 18.6 Å². The number of para-hydroxylation sites is 1. The van der Waals surface area contributed by atoms with Crippen LogP contribution in [-0.2, 0) is 6.42 Å². The van der Waals surface area contributed by atoms with Gasteiger partial charge in [-0.2, -0.15) is 0 Å². The molecule has 4 nitrogen and oxygen atoms in total. The Morgan fingerprint density at radius 2 is 1.96 bits per heavy atom. The van der Waals surface area contributed by atoms with Crippen molar-refractivity contribution in [2.45, 2.75) is 12.8 Å². The van der Waals surface area contributed by atoms with Crippen LogP contribution in [0.1, 0.15) is 12.0 Å². The highest BCUT2D eigenvalue weighted by atomic mass is 16.5. The Bertz CT molecular complexity index is 929. The van der Waals surface area contributed by atoms with Crippen LogP contribution >= 0.6 is 0 Å². The molecule has 2 aromatic carbocycles. The van der Waals surface area contributed by atoms with Crippen molar-refractivity contribution in [2.24, 2.45) is 0 Å². The summed E-state index contributed by atoms with van der Waals surface area (Å²) in [6.45, 7) is 0.882. The topological polar surface area (TPSA) is 42.7 Å². The fourth-order valence-electron chi connectivity index (χ4n) is 3.27. The normalized spacial score (nSPS) is 13.9. The fourth-order valence-corrected chi connectivity index (χ4v) is 3.27. The molecule has 0 radical (unpaired) electrons. The van der Waals surface area contributed by atoms with Gasteiger partial charge >= 0.3 is 5.63 Å². The van der Waals surface area contributed by atoms with Gasteiger partial charge in [0.2, 0.25) is 0 Å². The Morgan fingerprint density at radius 1 is 1.09 bits per heavy atom. The van der Waals surface area contributed by atoms with E-state index in [2.05, 4.69) is 17.0 Å². The van der Waals surface area contributed by atoms with Crippen LogP contribution < -0.4 is 15.3 Å². The van der Waals surface area contributed by atoms with Crippen molar-refractivity contribution in [3.63, 3.8) is 0 Å². The molecule has 0 saturated heterocycles. The second-order valence-electron chi connectivity index (χ2n) is 5.70. The number of methoxy groups -OCH3 is 1. The van der Waals surface area contributed by atoms with E-state index in [0.29, 0.717) is 5.58 Å². The van der Waals surface area contributed by atoms with Crippen molar-refractivity contribution in [1.29, 1.82) is 0 Å². The average molecular weight is 307 g/mol. The third kappa shape index (κ3) is 2.36. The van der Waals surface area contributed by atoms with E-state index in [1.165, 1.54) is 5.56 Å². The van der Waals surface area contributed by atoms with E-state index in [1.807, 2.05) is 30.3 Å². The van der Waals surface area contributed by atoms with Crippen LogP contribution in [-0.4, -0.2) is 13.7 Å². The molecule has 0 saturated carbocycles. The van der Waals surface area contributed by atoms with E-state index < -0.39 is 0 Å². The number of nitrogens with zero attached hydrogens (tertiary/aromatic N) is 1. The minimum Gasteiger partial charge on any atom is -0.497 e. The number of rotatable bonds is 2. The first kappa shape index (κ1) is 13.9. The lowest BCUT2D eigenvalue weighted by molar-refractivity contribution is 0.414. The van der Waals surface area contributed by atoms with Gasteiger partial charge in [0.15, 0.2) is 0 Å². The molecular weight excluding hydrogens is 290 g/mol. The van der Waals surface area contributed by atoms with E-state index in [4.69, 9.17) is 9.15 Å². The average Bonchev–Trinajstić information content (AvgIpc) is 2.60. The molecule has 0 unspecified atom stereocenters. The summed E-state index contributed by atoms with van der Waals surface area (Å²) in [5, 5.41) is 0.954. The van der Waals surface area contributed by atoms with Crippen LogP contribution in [0.25, 0.3) is 11.0 Å². The zero-order valence-electron chi connectivity index (χ0n) is 12.9. The van der Waals surface area contributed by atoms with Crippen LogP contribution in [0.5, 0.6) is 5.75 Å². The Labute approximate surface area is 133 Å². The van der Waals surface area contributed by atoms with E-state index in [0.717, 1.165) is 41.9 Å². The van der Waals surface area contributed by atoms with Gasteiger partial charge in [0.1, 0.15) is 11.3 Å². The fraction of sp³-hybridized carbons (Fsp3) is 0.211. The Morgan fingerprint density at radius 3 is 2.83 bits per heavy atom. The molecular formula is C19H17NO3. The molecule has 1 aliphatic rings. The van der Waals surface area contributed by atoms with Crippen LogP contribution in [0, 0.1) is 0 Å². The Kier molecular flexibility index (Phi) is 3.30. The smallest absolute Gasteiger partial charge is 0.338 e. The summed E-state index contributed by atoms with van der Waals surface area (Å²) in [4.78, 5) is 14.2. The minimum absolute atomic E-state index is 0.320. The van der Waals surface area contributed by atoms with Gasteiger partial charge in [-0.15, -0.1) is 0 Å². The summed E-state index contributed by atoms with van der Waals surface area (Å²) in [7, 11) is 1.68.